The summed E-state index contributed by atoms with van der Waals surface area (Å²) >= 11 is 0. The third-order valence-electron chi connectivity index (χ3n) is 20.6. The molecular weight excluding hydrogens is 1370 g/mol. The Morgan fingerprint density at radius 1 is 0.276 bits per heavy atom. The molecule has 0 bridgehead atoms. The summed E-state index contributed by atoms with van der Waals surface area (Å²) in [7, 11) is -9.93. The molecule has 0 radical (unpaired) electrons. The number of carbonyl (C=O) groups excluding carboxylic acids is 4. The molecular formula is C86H168O17P2. The van der Waals surface area contributed by atoms with E-state index < -0.39 is 97.5 Å². The first kappa shape index (κ1) is 103. The van der Waals surface area contributed by atoms with Gasteiger partial charge in [0, 0.05) is 25.7 Å². The van der Waals surface area contributed by atoms with Crippen LogP contribution in [0.1, 0.15) is 459 Å². The molecule has 0 amide bonds. The highest BCUT2D eigenvalue weighted by atomic mass is 31.2. The lowest BCUT2D eigenvalue weighted by molar-refractivity contribution is -0.161. The largest absolute Gasteiger partial charge is 0.472 e. The summed E-state index contributed by atoms with van der Waals surface area (Å²) < 4.78 is 68.9. The van der Waals surface area contributed by atoms with E-state index in [4.69, 9.17) is 37.0 Å². The van der Waals surface area contributed by atoms with Gasteiger partial charge in [-0.15, -0.1) is 0 Å². The van der Waals surface area contributed by atoms with Gasteiger partial charge >= 0.3 is 39.5 Å². The van der Waals surface area contributed by atoms with Gasteiger partial charge in [0.25, 0.3) is 0 Å². The minimum absolute atomic E-state index is 0.108. The van der Waals surface area contributed by atoms with Crippen LogP contribution in [-0.4, -0.2) is 96.7 Å². The molecule has 17 nitrogen and oxygen atoms in total. The molecule has 0 aliphatic carbocycles. The monoisotopic (exact) mass is 1540 g/mol. The number of hydrogen-bond acceptors (Lipinski definition) is 15. The van der Waals surface area contributed by atoms with Crippen molar-refractivity contribution < 1.29 is 80.2 Å². The first-order valence-electron chi connectivity index (χ1n) is 44.5. The van der Waals surface area contributed by atoms with Crippen LogP contribution in [0.5, 0.6) is 0 Å². The quantitative estimate of drug-likeness (QED) is 0.0222. The maximum absolute atomic E-state index is 13.1. The van der Waals surface area contributed by atoms with Crippen molar-refractivity contribution in [3.63, 3.8) is 0 Å². The predicted octanol–water partition coefficient (Wildman–Crippen LogP) is 26.2. The summed E-state index contributed by atoms with van der Waals surface area (Å²) in [5.41, 5.74) is 0. The second-order valence-electron chi connectivity index (χ2n) is 31.6. The van der Waals surface area contributed by atoms with Gasteiger partial charge in [-0.25, -0.2) is 9.13 Å². The van der Waals surface area contributed by atoms with Crippen LogP contribution in [0.3, 0.4) is 0 Å². The minimum Gasteiger partial charge on any atom is -0.462 e. The lowest BCUT2D eigenvalue weighted by atomic mass is 9.99. The van der Waals surface area contributed by atoms with E-state index in [2.05, 4.69) is 41.5 Å². The fraction of sp³-hybridized carbons (Fsp3) is 0.953. The van der Waals surface area contributed by atoms with E-state index in [9.17, 15) is 43.2 Å². The van der Waals surface area contributed by atoms with E-state index in [0.29, 0.717) is 25.7 Å². The van der Waals surface area contributed by atoms with Crippen LogP contribution in [-0.2, 0) is 65.4 Å². The Kier molecular flexibility index (Phi) is 76.0. The summed E-state index contributed by atoms with van der Waals surface area (Å²) in [5, 5.41) is 10.7. The van der Waals surface area contributed by atoms with Crippen molar-refractivity contribution in [3.8, 4) is 0 Å². The maximum atomic E-state index is 13.1. The molecule has 0 spiro atoms. The third-order valence-corrected chi connectivity index (χ3v) is 22.5. The molecule has 19 heteroatoms. The zero-order valence-corrected chi connectivity index (χ0v) is 70.8. The number of aliphatic hydroxyl groups is 1. The Balaban J connectivity index is 5.21. The van der Waals surface area contributed by atoms with Gasteiger partial charge in [0.15, 0.2) is 12.2 Å². The van der Waals surface area contributed by atoms with E-state index >= 15 is 0 Å². The Bertz CT molecular complexity index is 2010. The van der Waals surface area contributed by atoms with Crippen LogP contribution >= 0.6 is 15.6 Å². The highest BCUT2D eigenvalue weighted by molar-refractivity contribution is 7.47. The van der Waals surface area contributed by atoms with Crippen LogP contribution in [0.4, 0.5) is 0 Å². The number of hydrogen-bond donors (Lipinski definition) is 3. The van der Waals surface area contributed by atoms with Crippen molar-refractivity contribution in [2.45, 2.75) is 477 Å². The number of aliphatic hydroxyl groups excluding tert-OH is 1. The lowest BCUT2D eigenvalue weighted by Crippen LogP contribution is -2.30. The molecule has 0 saturated heterocycles. The van der Waals surface area contributed by atoms with Crippen LogP contribution in [0.15, 0.2) is 0 Å². The number of phosphoric ester groups is 2. The zero-order chi connectivity index (χ0) is 77.1. The summed E-state index contributed by atoms with van der Waals surface area (Å²) in [5.74, 6) is -0.447. The Labute approximate surface area is 645 Å². The molecule has 0 rings (SSSR count). The summed E-state index contributed by atoms with van der Waals surface area (Å²) in [6, 6.07) is 0. The second kappa shape index (κ2) is 77.4. The first-order valence-corrected chi connectivity index (χ1v) is 47.5. The van der Waals surface area contributed by atoms with Crippen molar-refractivity contribution >= 4 is 39.5 Å². The minimum atomic E-state index is -4.97. The zero-order valence-electron chi connectivity index (χ0n) is 69.0. The number of esters is 4. The van der Waals surface area contributed by atoms with Gasteiger partial charge in [0.2, 0.25) is 0 Å². The standard InChI is InChI=1S/C86H168O17P2/c1-7-10-12-14-16-18-19-20-21-22-23-24-28-34-39-45-51-57-63-69-84(89)97-75-82(103-86(91)70-64-58-52-46-40-35-29-26-25-27-32-37-43-48-54-60-66-78(4)5)77-101-105(94,95)99-73-80(87)72-98-104(92,93)100-76-81(74-96-83(88)68-62-56-50-42-17-15-13-11-8-2)102-85(90)71-65-59-53-47-41-36-31-30-33-38-44-49-55-61-67-79(6)9-3/h78-82,87H,7-77H2,1-6H3,(H,92,93)(H,94,95)/t79?,80-,81+,82+/m0/s1. The van der Waals surface area contributed by atoms with Crippen LogP contribution in [0.25, 0.3) is 0 Å². The van der Waals surface area contributed by atoms with Crippen molar-refractivity contribution in [1.82, 2.24) is 0 Å². The molecule has 105 heavy (non-hydrogen) atoms. The number of phosphoric acid groups is 2. The van der Waals surface area contributed by atoms with Crippen LogP contribution in [0.2, 0.25) is 0 Å². The molecule has 0 heterocycles. The van der Waals surface area contributed by atoms with Gasteiger partial charge in [0.1, 0.15) is 19.3 Å². The number of carbonyl (C=O) groups is 4. The number of unbranched alkanes of at least 4 members (excludes halogenated alkanes) is 54. The average molecular weight is 1540 g/mol. The Morgan fingerprint density at radius 2 is 0.486 bits per heavy atom. The van der Waals surface area contributed by atoms with Gasteiger partial charge < -0.3 is 33.8 Å². The molecule has 0 fully saturated rings. The van der Waals surface area contributed by atoms with E-state index in [1.54, 1.807) is 0 Å². The molecule has 6 atom stereocenters. The number of rotatable bonds is 85. The highest BCUT2D eigenvalue weighted by Gasteiger charge is 2.30. The molecule has 3 N–H and O–H groups in total. The summed E-state index contributed by atoms with van der Waals surface area (Å²) in [6.45, 7) is 9.74. The Hall–Kier alpha value is -1.94. The normalized spacial score (nSPS) is 14.1. The van der Waals surface area contributed by atoms with E-state index in [-0.39, 0.29) is 25.7 Å². The molecule has 0 aromatic carbocycles. The maximum Gasteiger partial charge on any atom is 0.472 e. The van der Waals surface area contributed by atoms with E-state index in [1.807, 2.05) is 0 Å². The van der Waals surface area contributed by atoms with E-state index in [0.717, 1.165) is 102 Å². The average Bonchev–Trinajstić information content (AvgIpc) is 0.906. The van der Waals surface area contributed by atoms with Crippen LogP contribution in [0, 0.1) is 11.8 Å². The van der Waals surface area contributed by atoms with Crippen molar-refractivity contribution in [2.24, 2.45) is 11.8 Å². The fourth-order valence-electron chi connectivity index (χ4n) is 13.4. The van der Waals surface area contributed by atoms with Gasteiger partial charge in [-0.3, -0.25) is 37.3 Å². The van der Waals surface area contributed by atoms with Crippen LogP contribution < -0.4 is 0 Å². The molecule has 624 valence electrons. The van der Waals surface area contributed by atoms with E-state index in [1.165, 1.54) is 276 Å². The fourth-order valence-corrected chi connectivity index (χ4v) is 15.0. The highest BCUT2D eigenvalue weighted by Crippen LogP contribution is 2.45. The summed E-state index contributed by atoms with van der Waals surface area (Å²) in [4.78, 5) is 73.2. The molecule has 0 aliphatic heterocycles. The van der Waals surface area contributed by atoms with Gasteiger partial charge in [-0.1, -0.05) is 408 Å². The molecule has 0 aromatic rings. The second-order valence-corrected chi connectivity index (χ2v) is 34.6. The van der Waals surface area contributed by atoms with Gasteiger partial charge in [-0.05, 0) is 37.5 Å². The topological polar surface area (TPSA) is 237 Å². The molecule has 0 aliphatic rings. The van der Waals surface area contributed by atoms with Crippen molar-refractivity contribution in [2.75, 3.05) is 39.6 Å². The predicted molar refractivity (Wildman–Crippen MR) is 432 cm³/mol. The summed E-state index contributed by atoms with van der Waals surface area (Å²) in [6.07, 6.45) is 69.4. The third kappa shape index (κ3) is 78.5. The SMILES string of the molecule is CCCCCCCCCCCCCCCCCCCCCC(=O)OC[C@H](COP(=O)(O)OC[C@@H](O)COP(=O)(O)OC[C@@H](COC(=O)CCCCCCCCCCC)OC(=O)CCCCCCCCCCCCCCCCC(C)CC)OC(=O)CCCCCCCCCCCCCCCCCCC(C)C. The molecule has 0 aromatic heterocycles. The van der Waals surface area contributed by atoms with Crippen molar-refractivity contribution in [1.29, 1.82) is 0 Å². The lowest BCUT2D eigenvalue weighted by Gasteiger charge is -2.21. The molecule has 0 saturated carbocycles. The first-order chi connectivity index (χ1) is 50.9. The number of ether oxygens (including phenoxy) is 4. The van der Waals surface area contributed by atoms with Gasteiger partial charge in [-0.2, -0.15) is 0 Å². The Morgan fingerprint density at radius 3 is 0.724 bits per heavy atom. The van der Waals surface area contributed by atoms with Gasteiger partial charge in [0.05, 0.1) is 26.4 Å². The molecule has 3 unspecified atom stereocenters. The van der Waals surface area contributed by atoms with Crippen molar-refractivity contribution in [3.05, 3.63) is 0 Å². The smallest absolute Gasteiger partial charge is 0.462 e.